The van der Waals surface area contributed by atoms with E-state index in [2.05, 4.69) is 0 Å². The van der Waals surface area contributed by atoms with Gasteiger partial charge in [-0.25, -0.2) is 0 Å². The summed E-state index contributed by atoms with van der Waals surface area (Å²) >= 11 is 0. The van der Waals surface area contributed by atoms with E-state index >= 15 is 0 Å². The molecule has 1 rings (SSSR count). The highest BCUT2D eigenvalue weighted by molar-refractivity contribution is 5.73. The molecular formula is C8H15NO2. The van der Waals surface area contributed by atoms with Crippen LogP contribution in [0.3, 0.4) is 0 Å². The summed E-state index contributed by atoms with van der Waals surface area (Å²) in [5.41, 5.74) is 5.00. The molecule has 0 radical (unpaired) electrons. The topological polar surface area (TPSA) is 52.3 Å². The summed E-state index contributed by atoms with van der Waals surface area (Å²) in [6, 6.07) is 0. The van der Waals surface area contributed by atoms with Gasteiger partial charge < -0.3 is 10.5 Å². The third-order valence-electron chi connectivity index (χ3n) is 1.97. The van der Waals surface area contributed by atoms with Crippen molar-refractivity contribution in [1.82, 2.24) is 0 Å². The number of amides is 1. The Balaban J connectivity index is 1.98. The molecule has 0 aliphatic carbocycles. The lowest BCUT2D eigenvalue weighted by atomic mass is 10.1. The van der Waals surface area contributed by atoms with Crippen molar-refractivity contribution in [3.8, 4) is 0 Å². The highest BCUT2D eigenvalue weighted by Crippen LogP contribution is 2.17. The second kappa shape index (κ2) is 4.34. The van der Waals surface area contributed by atoms with Crippen LogP contribution < -0.4 is 5.73 Å². The molecule has 1 atom stereocenters. The molecule has 3 heteroatoms. The Labute approximate surface area is 66.9 Å². The van der Waals surface area contributed by atoms with Crippen molar-refractivity contribution >= 4 is 5.91 Å². The first-order chi connectivity index (χ1) is 5.29. The van der Waals surface area contributed by atoms with Gasteiger partial charge >= 0.3 is 0 Å². The summed E-state index contributed by atoms with van der Waals surface area (Å²) < 4.78 is 5.38. The number of primary amides is 1. The van der Waals surface area contributed by atoms with Crippen LogP contribution in [0.4, 0.5) is 0 Å². The lowest BCUT2D eigenvalue weighted by molar-refractivity contribution is -0.118. The smallest absolute Gasteiger partial charge is 0.217 e. The van der Waals surface area contributed by atoms with Crippen LogP contribution >= 0.6 is 0 Å². The lowest BCUT2D eigenvalue weighted by Crippen LogP contribution is -2.12. The maximum atomic E-state index is 10.4. The minimum atomic E-state index is -0.206. The van der Waals surface area contributed by atoms with E-state index in [9.17, 15) is 4.79 Å². The van der Waals surface area contributed by atoms with Crippen molar-refractivity contribution in [2.75, 3.05) is 6.61 Å². The molecule has 0 spiro atoms. The molecule has 1 heterocycles. The van der Waals surface area contributed by atoms with E-state index in [1.54, 1.807) is 0 Å². The number of carbonyl (C=O) groups is 1. The summed E-state index contributed by atoms with van der Waals surface area (Å²) in [5.74, 6) is -0.206. The fourth-order valence-corrected chi connectivity index (χ4v) is 1.38. The molecule has 0 aromatic rings. The zero-order chi connectivity index (χ0) is 8.10. The quantitative estimate of drug-likeness (QED) is 0.656. The van der Waals surface area contributed by atoms with E-state index in [1.807, 2.05) is 0 Å². The molecule has 0 aromatic carbocycles. The van der Waals surface area contributed by atoms with E-state index in [-0.39, 0.29) is 5.91 Å². The number of hydrogen-bond donors (Lipinski definition) is 1. The van der Waals surface area contributed by atoms with Crippen LogP contribution in [0, 0.1) is 0 Å². The van der Waals surface area contributed by atoms with Crippen molar-refractivity contribution in [2.45, 2.75) is 38.2 Å². The van der Waals surface area contributed by atoms with Crippen molar-refractivity contribution in [3.63, 3.8) is 0 Å². The first-order valence-electron chi connectivity index (χ1n) is 4.19. The van der Waals surface area contributed by atoms with Crippen LogP contribution in [0.2, 0.25) is 0 Å². The van der Waals surface area contributed by atoms with Gasteiger partial charge in [0.25, 0.3) is 0 Å². The van der Waals surface area contributed by atoms with Crippen LogP contribution in [0.1, 0.15) is 32.1 Å². The van der Waals surface area contributed by atoms with Gasteiger partial charge in [-0.1, -0.05) is 0 Å². The number of nitrogens with two attached hydrogens (primary N) is 1. The standard InChI is InChI=1S/C8H15NO2/c9-8(10)5-1-3-7-4-2-6-11-7/h7H,1-6H2,(H2,9,10). The summed E-state index contributed by atoms with van der Waals surface area (Å²) in [5, 5.41) is 0. The van der Waals surface area contributed by atoms with Gasteiger partial charge in [0, 0.05) is 13.0 Å². The molecular weight excluding hydrogens is 142 g/mol. The zero-order valence-corrected chi connectivity index (χ0v) is 6.71. The Morgan fingerprint density at radius 3 is 3.00 bits per heavy atom. The Bertz CT molecular complexity index is 130. The predicted molar refractivity (Wildman–Crippen MR) is 42.0 cm³/mol. The maximum Gasteiger partial charge on any atom is 0.217 e. The molecule has 0 saturated carbocycles. The molecule has 1 aliphatic heterocycles. The van der Waals surface area contributed by atoms with Gasteiger partial charge in [-0.2, -0.15) is 0 Å². The Morgan fingerprint density at radius 2 is 2.45 bits per heavy atom. The Morgan fingerprint density at radius 1 is 1.64 bits per heavy atom. The van der Waals surface area contributed by atoms with Crippen LogP contribution in [0.15, 0.2) is 0 Å². The van der Waals surface area contributed by atoms with Crippen molar-refractivity contribution in [1.29, 1.82) is 0 Å². The molecule has 11 heavy (non-hydrogen) atoms. The van der Waals surface area contributed by atoms with Crippen molar-refractivity contribution in [3.05, 3.63) is 0 Å². The number of ether oxygens (including phenoxy) is 1. The second-order valence-electron chi connectivity index (χ2n) is 2.99. The summed E-state index contributed by atoms with van der Waals surface area (Å²) in [6.45, 7) is 0.890. The fourth-order valence-electron chi connectivity index (χ4n) is 1.38. The van der Waals surface area contributed by atoms with Gasteiger partial charge in [0.1, 0.15) is 0 Å². The van der Waals surface area contributed by atoms with E-state index in [0.29, 0.717) is 12.5 Å². The lowest BCUT2D eigenvalue weighted by Gasteiger charge is -2.06. The normalized spacial score (nSPS) is 23.8. The van der Waals surface area contributed by atoms with E-state index < -0.39 is 0 Å². The summed E-state index contributed by atoms with van der Waals surface area (Å²) in [6.07, 6.45) is 5.08. The Kier molecular flexibility index (Phi) is 3.36. The molecule has 2 N–H and O–H groups in total. The van der Waals surface area contributed by atoms with Gasteiger partial charge in [-0.15, -0.1) is 0 Å². The zero-order valence-electron chi connectivity index (χ0n) is 6.71. The monoisotopic (exact) mass is 157 g/mol. The molecule has 64 valence electrons. The molecule has 0 aromatic heterocycles. The average Bonchev–Trinajstić information content (AvgIpc) is 2.39. The van der Waals surface area contributed by atoms with Gasteiger partial charge in [0.15, 0.2) is 0 Å². The minimum Gasteiger partial charge on any atom is -0.378 e. The third kappa shape index (κ3) is 3.37. The summed E-state index contributed by atoms with van der Waals surface area (Å²) in [4.78, 5) is 10.4. The largest absolute Gasteiger partial charge is 0.378 e. The first kappa shape index (κ1) is 8.53. The van der Waals surface area contributed by atoms with Crippen LogP contribution in [0.25, 0.3) is 0 Å². The first-order valence-corrected chi connectivity index (χ1v) is 4.19. The molecule has 1 unspecified atom stereocenters. The van der Waals surface area contributed by atoms with E-state index in [0.717, 1.165) is 25.9 Å². The minimum absolute atomic E-state index is 0.206. The number of hydrogen-bond acceptors (Lipinski definition) is 2. The van der Waals surface area contributed by atoms with Crippen LogP contribution in [-0.4, -0.2) is 18.6 Å². The van der Waals surface area contributed by atoms with Gasteiger partial charge in [-0.3, -0.25) is 4.79 Å². The second-order valence-corrected chi connectivity index (χ2v) is 2.99. The maximum absolute atomic E-state index is 10.4. The van der Waals surface area contributed by atoms with Crippen LogP contribution in [0.5, 0.6) is 0 Å². The molecule has 3 nitrogen and oxygen atoms in total. The van der Waals surface area contributed by atoms with Crippen LogP contribution in [-0.2, 0) is 9.53 Å². The highest BCUT2D eigenvalue weighted by atomic mass is 16.5. The molecule has 1 fully saturated rings. The van der Waals surface area contributed by atoms with Crippen molar-refractivity contribution < 1.29 is 9.53 Å². The van der Waals surface area contributed by atoms with Gasteiger partial charge in [0.2, 0.25) is 5.91 Å². The van der Waals surface area contributed by atoms with E-state index in [4.69, 9.17) is 10.5 Å². The van der Waals surface area contributed by atoms with Crippen molar-refractivity contribution in [2.24, 2.45) is 5.73 Å². The van der Waals surface area contributed by atoms with E-state index in [1.165, 1.54) is 6.42 Å². The van der Waals surface area contributed by atoms with Gasteiger partial charge in [-0.05, 0) is 25.7 Å². The number of carbonyl (C=O) groups excluding carboxylic acids is 1. The fraction of sp³-hybridized carbons (Fsp3) is 0.875. The predicted octanol–water partition coefficient (Wildman–Crippen LogP) is 0.821. The molecule has 1 saturated heterocycles. The Hall–Kier alpha value is -0.570. The highest BCUT2D eigenvalue weighted by Gasteiger charge is 2.14. The average molecular weight is 157 g/mol. The molecule has 1 amide bonds. The summed E-state index contributed by atoms with van der Waals surface area (Å²) in [7, 11) is 0. The third-order valence-corrected chi connectivity index (χ3v) is 1.97. The molecule has 1 aliphatic rings. The SMILES string of the molecule is NC(=O)CCCC1CCCO1. The van der Waals surface area contributed by atoms with Gasteiger partial charge in [0.05, 0.1) is 6.10 Å². The number of rotatable bonds is 4. The molecule has 0 bridgehead atoms.